The lowest BCUT2D eigenvalue weighted by molar-refractivity contribution is 0.0520. The molecule has 0 saturated heterocycles. The highest BCUT2D eigenvalue weighted by molar-refractivity contribution is 6.07. The molecule has 3 aromatic rings. The molecule has 1 aromatic heterocycles. The Bertz CT molecular complexity index is 1480. The highest BCUT2D eigenvalue weighted by Gasteiger charge is 2.26. The number of carbonyl (C=O) groups is 3. The van der Waals surface area contributed by atoms with E-state index in [1.807, 2.05) is 0 Å². The van der Waals surface area contributed by atoms with Gasteiger partial charge in [0.15, 0.2) is 11.5 Å². The molecule has 1 aliphatic rings. The number of amides is 1. The summed E-state index contributed by atoms with van der Waals surface area (Å²) in [4.78, 5) is 43.9. The van der Waals surface area contributed by atoms with E-state index in [0.29, 0.717) is 46.0 Å². The van der Waals surface area contributed by atoms with Crippen molar-refractivity contribution in [3.05, 3.63) is 88.8 Å². The maximum absolute atomic E-state index is 13.7. The van der Waals surface area contributed by atoms with Crippen molar-refractivity contribution in [3.63, 3.8) is 0 Å². The Morgan fingerprint density at radius 1 is 1.12 bits per heavy atom. The molecular formula is C31H32N4O5. The number of hydrogen-bond donors (Lipinski definition) is 3. The molecule has 9 nitrogen and oxygen atoms in total. The summed E-state index contributed by atoms with van der Waals surface area (Å²) in [6.45, 7) is 6.18. The summed E-state index contributed by atoms with van der Waals surface area (Å²) in [5.74, 6) is -0.440. The Balaban J connectivity index is 1.79. The van der Waals surface area contributed by atoms with Crippen LogP contribution in [0.2, 0.25) is 0 Å². The molecule has 2 aromatic carbocycles. The van der Waals surface area contributed by atoms with E-state index in [1.165, 1.54) is 13.2 Å². The number of carbonyl (C=O) groups excluding carboxylic acids is 3. The molecule has 1 saturated carbocycles. The van der Waals surface area contributed by atoms with Crippen LogP contribution in [0.4, 0.5) is 0 Å². The van der Waals surface area contributed by atoms with Gasteiger partial charge in [0.1, 0.15) is 17.3 Å². The minimum atomic E-state index is -0.709. The summed E-state index contributed by atoms with van der Waals surface area (Å²) in [6.07, 6.45) is 3.80. The highest BCUT2D eigenvalue weighted by Crippen LogP contribution is 2.35. The summed E-state index contributed by atoms with van der Waals surface area (Å²) in [6, 6.07) is 13.3. The van der Waals surface area contributed by atoms with Crippen LogP contribution in [-0.2, 0) is 11.2 Å². The molecule has 4 N–H and O–H groups in total. The van der Waals surface area contributed by atoms with Crippen molar-refractivity contribution in [3.8, 4) is 16.9 Å². The van der Waals surface area contributed by atoms with Crippen LogP contribution in [0.25, 0.3) is 17.2 Å². The predicted molar refractivity (Wildman–Crippen MR) is 153 cm³/mol. The molecule has 0 radical (unpaired) electrons. The number of nitrogens with two attached hydrogens (primary N) is 1. The van der Waals surface area contributed by atoms with Crippen molar-refractivity contribution in [1.82, 2.24) is 10.3 Å². The van der Waals surface area contributed by atoms with Crippen LogP contribution < -0.4 is 15.8 Å². The van der Waals surface area contributed by atoms with Gasteiger partial charge in [0.2, 0.25) is 0 Å². The Morgan fingerprint density at radius 2 is 1.85 bits per heavy atom. The van der Waals surface area contributed by atoms with E-state index in [-0.39, 0.29) is 41.9 Å². The second-order valence-corrected chi connectivity index (χ2v) is 9.52. The molecule has 1 fully saturated rings. The maximum atomic E-state index is 13.7. The van der Waals surface area contributed by atoms with Gasteiger partial charge >= 0.3 is 5.97 Å². The molecule has 0 unspecified atom stereocenters. The lowest BCUT2D eigenvalue weighted by atomic mass is 9.90. The SMILES string of the molecule is C=Cc1cc(C(=O)Cc2ccc(C(=N)N)cc2)c(-c2ccc(C(=O)NCC3CC3)nc2C(=O)OCC)cc1OC. The van der Waals surface area contributed by atoms with Gasteiger partial charge in [0.25, 0.3) is 5.91 Å². The van der Waals surface area contributed by atoms with Gasteiger partial charge in [-0.25, -0.2) is 9.78 Å². The number of rotatable bonds is 12. The summed E-state index contributed by atoms with van der Waals surface area (Å²) >= 11 is 0. The number of pyridine rings is 1. The fourth-order valence-electron chi connectivity index (χ4n) is 4.28. The third-order valence-corrected chi connectivity index (χ3v) is 6.65. The number of benzene rings is 2. The summed E-state index contributed by atoms with van der Waals surface area (Å²) in [7, 11) is 1.50. The van der Waals surface area contributed by atoms with E-state index in [9.17, 15) is 14.4 Å². The van der Waals surface area contributed by atoms with Crippen LogP contribution in [0.1, 0.15) is 67.8 Å². The average molecular weight is 541 g/mol. The van der Waals surface area contributed by atoms with Gasteiger partial charge in [-0.15, -0.1) is 0 Å². The number of nitrogens with zero attached hydrogens (tertiary/aromatic N) is 1. The molecule has 4 rings (SSSR count). The molecule has 0 bridgehead atoms. The smallest absolute Gasteiger partial charge is 0.357 e. The summed E-state index contributed by atoms with van der Waals surface area (Å²) in [5.41, 5.74) is 8.51. The van der Waals surface area contributed by atoms with E-state index < -0.39 is 5.97 Å². The van der Waals surface area contributed by atoms with Gasteiger partial charge < -0.3 is 20.5 Å². The fraction of sp³-hybridized carbons (Fsp3) is 0.258. The van der Waals surface area contributed by atoms with Gasteiger partial charge in [-0.05, 0) is 61.1 Å². The zero-order valence-electron chi connectivity index (χ0n) is 22.6. The number of Topliss-reactive ketones (excluding diaryl/α,β-unsaturated/α-hetero) is 1. The Morgan fingerprint density at radius 3 is 2.45 bits per heavy atom. The van der Waals surface area contributed by atoms with Crippen LogP contribution in [0, 0.1) is 11.3 Å². The second-order valence-electron chi connectivity index (χ2n) is 9.52. The molecule has 0 atom stereocenters. The van der Waals surface area contributed by atoms with Crippen LogP contribution in [0.15, 0.2) is 55.1 Å². The highest BCUT2D eigenvalue weighted by atomic mass is 16.5. The molecule has 9 heteroatoms. The zero-order chi connectivity index (χ0) is 28.8. The monoisotopic (exact) mass is 540 g/mol. The standard InChI is InChI=1S/C31H32N4O5/c1-4-20-15-24(26(36)14-18-8-10-21(11-9-18)29(32)33)23(16-27(20)39-3)22-12-13-25(30(37)34-17-19-6-7-19)35-28(22)31(38)40-5-2/h4,8-13,15-16,19H,1,5-7,14,17H2,2-3H3,(H3,32,33)(H,34,37). The molecule has 1 heterocycles. The van der Waals surface area contributed by atoms with Crippen molar-refractivity contribution in [2.75, 3.05) is 20.3 Å². The largest absolute Gasteiger partial charge is 0.496 e. The van der Waals surface area contributed by atoms with Gasteiger partial charge in [0.05, 0.1) is 13.7 Å². The van der Waals surface area contributed by atoms with E-state index >= 15 is 0 Å². The Kier molecular flexibility index (Phi) is 8.73. The van der Waals surface area contributed by atoms with Crippen LogP contribution >= 0.6 is 0 Å². The quantitative estimate of drug-likeness (QED) is 0.133. The minimum absolute atomic E-state index is 0.0535. The first-order chi connectivity index (χ1) is 19.2. The summed E-state index contributed by atoms with van der Waals surface area (Å²) < 4.78 is 10.8. The lowest BCUT2D eigenvalue weighted by Gasteiger charge is -2.17. The van der Waals surface area contributed by atoms with Crippen molar-refractivity contribution in [2.45, 2.75) is 26.2 Å². The first-order valence-electron chi connectivity index (χ1n) is 13.0. The normalized spacial score (nSPS) is 12.3. The number of nitrogen functional groups attached to an aromatic ring is 1. The number of esters is 1. The lowest BCUT2D eigenvalue weighted by Crippen LogP contribution is -2.27. The minimum Gasteiger partial charge on any atom is -0.496 e. The predicted octanol–water partition coefficient (Wildman–Crippen LogP) is 4.43. The average Bonchev–Trinajstić information content (AvgIpc) is 3.80. The molecule has 0 aliphatic heterocycles. The van der Waals surface area contributed by atoms with Gasteiger partial charge in [0, 0.05) is 35.2 Å². The third kappa shape index (κ3) is 6.43. The van der Waals surface area contributed by atoms with Crippen molar-refractivity contribution >= 4 is 29.6 Å². The molecule has 40 heavy (non-hydrogen) atoms. The first kappa shape index (κ1) is 28.2. The first-order valence-corrected chi connectivity index (χ1v) is 13.0. The van der Waals surface area contributed by atoms with Gasteiger partial charge in [-0.1, -0.05) is 36.9 Å². The molecule has 1 aliphatic carbocycles. The van der Waals surface area contributed by atoms with Crippen LogP contribution in [-0.4, -0.2) is 48.7 Å². The number of ketones is 1. The fourth-order valence-corrected chi connectivity index (χ4v) is 4.28. The molecule has 0 spiro atoms. The number of aromatic nitrogens is 1. The van der Waals surface area contributed by atoms with E-state index in [0.717, 1.165) is 18.4 Å². The van der Waals surface area contributed by atoms with E-state index in [1.54, 1.807) is 55.5 Å². The van der Waals surface area contributed by atoms with Gasteiger partial charge in [-0.2, -0.15) is 0 Å². The molecule has 206 valence electrons. The topological polar surface area (TPSA) is 144 Å². The number of nitrogens with one attached hydrogen (secondary N) is 2. The van der Waals surface area contributed by atoms with E-state index in [4.69, 9.17) is 20.6 Å². The number of amidine groups is 1. The Hall–Kier alpha value is -4.79. The third-order valence-electron chi connectivity index (χ3n) is 6.65. The van der Waals surface area contributed by atoms with Crippen molar-refractivity contribution in [1.29, 1.82) is 5.41 Å². The van der Waals surface area contributed by atoms with Crippen LogP contribution in [0.3, 0.4) is 0 Å². The van der Waals surface area contributed by atoms with Crippen molar-refractivity contribution < 1.29 is 23.9 Å². The molecular weight excluding hydrogens is 508 g/mol. The molecule has 1 amide bonds. The second kappa shape index (κ2) is 12.4. The van der Waals surface area contributed by atoms with Crippen molar-refractivity contribution in [2.24, 2.45) is 11.7 Å². The number of hydrogen-bond acceptors (Lipinski definition) is 7. The van der Waals surface area contributed by atoms with Crippen LogP contribution in [0.5, 0.6) is 5.75 Å². The maximum Gasteiger partial charge on any atom is 0.357 e. The Labute approximate surface area is 232 Å². The van der Waals surface area contributed by atoms with E-state index in [2.05, 4.69) is 16.9 Å². The van der Waals surface area contributed by atoms with Gasteiger partial charge in [-0.3, -0.25) is 15.0 Å². The number of methoxy groups -OCH3 is 1. The number of ether oxygens (including phenoxy) is 2. The zero-order valence-corrected chi connectivity index (χ0v) is 22.6. The summed E-state index contributed by atoms with van der Waals surface area (Å²) in [5, 5.41) is 10.4.